The quantitative estimate of drug-likeness (QED) is 0.748. The van der Waals surface area contributed by atoms with Crippen LogP contribution >= 0.6 is 11.3 Å². The SMILES string of the molecule is Cc1ccc(Oc2csc(C=O)c2)cc1C. The van der Waals surface area contributed by atoms with Crippen molar-refractivity contribution in [2.24, 2.45) is 0 Å². The maximum atomic E-state index is 10.5. The molecule has 82 valence electrons. The Bertz CT molecular complexity index is 514. The van der Waals surface area contributed by atoms with Crippen LogP contribution in [0.5, 0.6) is 11.5 Å². The van der Waals surface area contributed by atoms with Gasteiger partial charge in [0.2, 0.25) is 0 Å². The van der Waals surface area contributed by atoms with Gasteiger partial charge in [0.1, 0.15) is 11.5 Å². The van der Waals surface area contributed by atoms with Crippen molar-refractivity contribution in [3.8, 4) is 11.5 Å². The molecular weight excluding hydrogens is 220 g/mol. The van der Waals surface area contributed by atoms with Crippen molar-refractivity contribution in [2.45, 2.75) is 13.8 Å². The summed E-state index contributed by atoms with van der Waals surface area (Å²) in [5.74, 6) is 1.52. The first-order valence-electron chi connectivity index (χ1n) is 4.98. The van der Waals surface area contributed by atoms with Gasteiger partial charge in [-0.3, -0.25) is 4.79 Å². The zero-order valence-electron chi connectivity index (χ0n) is 9.19. The van der Waals surface area contributed by atoms with Gasteiger partial charge in [0.05, 0.1) is 4.88 Å². The van der Waals surface area contributed by atoms with Gasteiger partial charge in [-0.05, 0) is 37.1 Å². The summed E-state index contributed by atoms with van der Waals surface area (Å²) >= 11 is 1.38. The van der Waals surface area contributed by atoms with Gasteiger partial charge in [-0.2, -0.15) is 0 Å². The third-order valence-electron chi connectivity index (χ3n) is 2.43. The zero-order valence-corrected chi connectivity index (χ0v) is 10.0. The minimum Gasteiger partial charge on any atom is -0.456 e. The molecule has 0 aliphatic carbocycles. The first-order chi connectivity index (χ1) is 7.69. The fourth-order valence-corrected chi connectivity index (χ4v) is 1.97. The number of thiophene rings is 1. The fraction of sp³-hybridized carbons (Fsp3) is 0.154. The molecule has 3 heteroatoms. The number of carbonyl (C=O) groups is 1. The van der Waals surface area contributed by atoms with Crippen LogP contribution in [0.2, 0.25) is 0 Å². The van der Waals surface area contributed by atoms with Gasteiger partial charge < -0.3 is 4.74 Å². The molecule has 0 fully saturated rings. The van der Waals surface area contributed by atoms with E-state index < -0.39 is 0 Å². The molecule has 1 aromatic carbocycles. The van der Waals surface area contributed by atoms with E-state index in [2.05, 4.69) is 6.92 Å². The lowest BCUT2D eigenvalue weighted by Crippen LogP contribution is -1.85. The molecule has 0 unspecified atom stereocenters. The summed E-state index contributed by atoms with van der Waals surface area (Å²) in [4.78, 5) is 11.2. The average molecular weight is 232 g/mol. The van der Waals surface area contributed by atoms with Crippen LogP contribution in [0, 0.1) is 13.8 Å². The minimum atomic E-state index is 0.679. The van der Waals surface area contributed by atoms with Crippen LogP contribution in [0.1, 0.15) is 20.8 Å². The predicted octanol–water partition coefficient (Wildman–Crippen LogP) is 3.97. The van der Waals surface area contributed by atoms with E-state index in [1.165, 1.54) is 22.5 Å². The molecule has 0 saturated carbocycles. The molecule has 0 saturated heterocycles. The monoisotopic (exact) mass is 232 g/mol. The Morgan fingerprint density at radius 1 is 1.12 bits per heavy atom. The van der Waals surface area contributed by atoms with Crippen LogP contribution in [0.25, 0.3) is 0 Å². The Balaban J connectivity index is 2.20. The van der Waals surface area contributed by atoms with Gasteiger partial charge in [-0.25, -0.2) is 0 Å². The standard InChI is InChI=1S/C13H12O2S/c1-9-3-4-11(5-10(9)2)15-12-6-13(7-14)16-8-12/h3-8H,1-2H3. The number of benzene rings is 1. The Kier molecular flexibility index (Phi) is 3.06. The topological polar surface area (TPSA) is 26.3 Å². The molecule has 2 nitrogen and oxygen atoms in total. The normalized spacial score (nSPS) is 10.1. The second-order valence-corrected chi connectivity index (χ2v) is 4.59. The Morgan fingerprint density at radius 3 is 2.56 bits per heavy atom. The van der Waals surface area contributed by atoms with E-state index >= 15 is 0 Å². The van der Waals surface area contributed by atoms with E-state index in [4.69, 9.17) is 4.74 Å². The van der Waals surface area contributed by atoms with E-state index in [1.807, 2.05) is 30.5 Å². The van der Waals surface area contributed by atoms with Gasteiger partial charge in [0, 0.05) is 11.4 Å². The highest BCUT2D eigenvalue weighted by Crippen LogP contribution is 2.27. The lowest BCUT2D eigenvalue weighted by molar-refractivity contribution is 0.112. The molecule has 0 bridgehead atoms. The van der Waals surface area contributed by atoms with Crippen molar-refractivity contribution in [3.05, 3.63) is 45.6 Å². The predicted molar refractivity (Wildman–Crippen MR) is 65.7 cm³/mol. The van der Waals surface area contributed by atoms with Crippen LogP contribution in [-0.4, -0.2) is 6.29 Å². The van der Waals surface area contributed by atoms with Crippen molar-refractivity contribution >= 4 is 17.6 Å². The van der Waals surface area contributed by atoms with Crippen LogP contribution in [0.3, 0.4) is 0 Å². The third-order valence-corrected chi connectivity index (χ3v) is 3.26. The average Bonchev–Trinajstić information content (AvgIpc) is 2.71. The largest absolute Gasteiger partial charge is 0.456 e. The molecule has 0 aliphatic rings. The van der Waals surface area contributed by atoms with E-state index in [1.54, 1.807) is 6.07 Å². The lowest BCUT2D eigenvalue weighted by Gasteiger charge is -2.05. The van der Waals surface area contributed by atoms with Crippen molar-refractivity contribution in [1.29, 1.82) is 0 Å². The summed E-state index contributed by atoms with van der Waals surface area (Å²) in [6, 6.07) is 7.69. The molecule has 0 N–H and O–H groups in total. The first kappa shape index (κ1) is 10.9. The number of rotatable bonds is 3. The van der Waals surface area contributed by atoms with E-state index in [-0.39, 0.29) is 0 Å². The zero-order chi connectivity index (χ0) is 11.5. The van der Waals surface area contributed by atoms with Crippen LogP contribution < -0.4 is 4.74 Å². The molecular formula is C13H12O2S. The van der Waals surface area contributed by atoms with Crippen LogP contribution in [0.4, 0.5) is 0 Å². The number of carbonyl (C=O) groups excluding carboxylic acids is 1. The Labute approximate surface area is 98.5 Å². The molecule has 0 atom stereocenters. The van der Waals surface area contributed by atoms with Crippen molar-refractivity contribution in [1.82, 2.24) is 0 Å². The second kappa shape index (κ2) is 4.49. The highest BCUT2D eigenvalue weighted by molar-refractivity contribution is 7.11. The van der Waals surface area contributed by atoms with Gasteiger partial charge in [0.25, 0.3) is 0 Å². The van der Waals surface area contributed by atoms with Crippen molar-refractivity contribution in [2.75, 3.05) is 0 Å². The Morgan fingerprint density at radius 2 is 1.94 bits per heavy atom. The fourth-order valence-electron chi connectivity index (χ4n) is 1.36. The van der Waals surface area contributed by atoms with Crippen molar-refractivity contribution < 1.29 is 9.53 Å². The van der Waals surface area contributed by atoms with Crippen molar-refractivity contribution in [3.63, 3.8) is 0 Å². The summed E-state index contributed by atoms with van der Waals surface area (Å²) < 4.78 is 5.65. The molecule has 2 aromatic rings. The van der Waals surface area contributed by atoms with Gasteiger partial charge >= 0.3 is 0 Å². The highest BCUT2D eigenvalue weighted by atomic mass is 32.1. The van der Waals surface area contributed by atoms with E-state index in [9.17, 15) is 4.79 Å². The van der Waals surface area contributed by atoms with Gasteiger partial charge in [-0.15, -0.1) is 11.3 Å². The molecule has 2 rings (SSSR count). The van der Waals surface area contributed by atoms with Crippen LogP contribution in [-0.2, 0) is 0 Å². The maximum absolute atomic E-state index is 10.5. The van der Waals surface area contributed by atoms with Gasteiger partial charge in [0.15, 0.2) is 6.29 Å². The molecule has 0 spiro atoms. The maximum Gasteiger partial charge on any atom is 0.160 e. The Hall–Kier alpha value is -1.61. The second-order valence-electron chi connectivity index (χ2n) is 3.65. The lowest BCUT2D eigenvalue weighted by atomic mass is 10.1. The molecule has 0 aliphatic heterocycles. The number of aldehydes is 1. The van der Waals surface area contributed by atoms with Gasteiger partial charge in [-0.1, -0.05) is 6.07 Å². The smallest absolute Gasteiger partial charge is 0.160 e. The minimum absolute atomic E-state index is 0.679. The summed E-state index contributed by atoms with van der Waals surface area (Å²) in [6.45, 7) is 4.11. The van der Waals surface area contributed by atoms with Crippen LogP contribution in [0.15, 0.2) is 29.6 Å². The van der Waals surface area contributed by atoms with E-state index in [0.29, 0.717) is 4.88 Å². The molecule has 1 heterocycles. The number of ether oxygens (including phenoxy) is 1. The molecule has 16 heavy (non-hydrogen) atoms. The third kappa shape index (κ3) is 2.31. The summed E-state index contributed by atoms with van der Waals surface area (Å²) in [6.07, 6.45) is 0.831. The molecule has 1 aromatic heterocycles. The summed E-state index contributed by atoms with van der Waals surface area (Å²) in [5.41, 5.74) is 2.44. The number of aryl methyl sites for hydroxylation is 2. The first-order valence-corrected chi connectivity index (χ1v) is 5.86. The van der Waals surface area contributed by atoms with E-state index in [0.717, 1.165) is 17.8 Å². The molecule has 0 radical (unpaired) electrons. The number of hydrogen-bond acceptors (Lipinski definition) is 3. The number of hydrogen-bond donors (Lipinski definition) is 0. The highest BCUT2D eigenvalue weighted by Gasteiger charge is 2.02. The summed E-state index contributed by atoms with van der Waals surface area (Å²) in [7, 11) is 0. The molecule has 0 amide bonds. The summed E-state index contributed by atoms with van der Waals surface area (Å²) in [5, 5.41) is 1.83.